The van der Waals surface area contributed by atoms with E-state index in [0.717, 1.165) is 14.7 Å². The molecule has 0 aliphatic heterocycles. The molecule has 1 aromatic carbocycles. The minimum atomic E-state index is -1.46. The van der Waals surface area contributed by atoms with Gasteiger partial charge >= 0.3 is 5.69 Å². The number of rotatable bonds is 9. The number of benzene rings is 1. The third-order valence-electron chi connectivity index (χ3n) is 6.82. The molecule has 3 atom stereocenters. The van der Waals surface area contributed by atoms with Gasteiger partial charge in [-0.05, 0) is 30.2 Å². The number of carbonyl (C=O) groups excluding carboxylic acids is 1. The number of aliphatic hydroxyl groups excluding tert-OH is 1. The van der Waals surface area contributed by atoms with E-state index in [1.165, 1.54) is 27.4 Å². The molecule has 4 rings (SSSR count). The summed E-state index contributed by atoms with van der Waals surface area (Å²) in [7, 11) is 4.23. The highest BCUT2D eigenvalue weighted by Crippen LogP contribution is 2.43. The maximum atomic E-state index is 13.7. The highest BCUT2D eigenvalue weighted by Gasteiger charge is 2.45. The molecule has 12 heteroatoms. The van der Waals surface area contributed by atoms with E-state index in [-0.39, 0.29) is 5.56 Å². The Labute approximate surface area is 246 Å². The number of alkyl halides is 1. The standard InChI is InChI=1S/C29H31Cl2N5O5/c1-17(37)14-32-15-18-11-12-23(33-26(18)41-4)29(34-25(38)21-16-35(2)28(40)36(3)27(21)39)13-7-9-20(24(29)31)19-8-5-6-10-22(19)30/h5-13,16-17,24,32,37H,14-15H2,1-4H3,(H,34,38)/t17?,24-,29?/m1/s1. The van der Waals surface area contributed by atoms with Crippen molar-refractivity contribution >= 4 is 34.7 Å². The van der Waals surface area contributed by atoms with Crippen molar-refractivity contribution in [2.45, 2.75) is 30.5 Å². The Morgan fingerprint density at radius 2 is 1.95 bits per heavy atom. The fraction of sp³-hybridized carbons (Fsp3) is 0.310. The van der Waals surface area contributed by atoms with Crippen LogP contribution in [0.15, 0.2) is 70.4 Å². The number of methoxy groups -OCH3 is 1. The fourth-order valence-electron chi connectivity index (χ4n) is 4.67. The average Bonchev–Trinajstić information content (AvgIpc) is 2.95. The largest absolute Gasteiger partial charge is 0.481 e. The van der Waals surface area contributed by atoms with Crippen molar-refractivity contribution in [3.8, 4) is 5.88 Å². The summed E-state index contributed by atoms with van der Waals surface area (Å²) in [4.78, 5) is 43.6. The maximum Gasteiger partial charge on any atom is 0.330 e. The van der Waals surface area contributed by atoms with Crippen LogP contribution in [0.3, 0.4) is 0 Å². The molecule has 0 saturated carbocycles. The summed E-state index contributed by atoms with van der Waals surface area (Å²) in [6, 6.07) is 10.7. The monoisotopic (exact) mass is 599 g/mol. The number of allylic oxidation sites excluding steroid dienone is 2. The minimum absolute atomic E-state index is 0.244. The van der Waals surface area contributed by atoms with Gasteiger partial charge in [0.2, 0.25) is 5.88 Å². The molecule has 0 fully saturated rings. The topological polar surface area (TPSA) is 127 Å². The van der Waals surface area contributed by atoms with E-state index >= 15 is 0 Å². The normalized spacial score (nSPS) is 19.0. The Bertz CT molecular complexity index is 1650. The molecule has 3 aromatic rings. The minimum Gasteiger partial charge on any atom is -0.481 e. The van der Waals surface area contributed by atoms with Crippen molar-refractivity contribution in [2.24, 2.45) is 14.1 Å². The summed E-state index contributed by atoms with van der Waals surface area (Å²) in [5, 5.41) is 15.2. The third kappa shape index (κ3) is 6.01. The van der Waals surface area contributed by atoms with E-state index in [1.807, 2.05) is 12.1 Å². The predicted octanol–water partition coefficient (Wildman–Crippen LogP) is 2.50. The highest BCUT2D eigenvalue weighted by atomic mass is 35.5. The lowest BCUT2D eigenvalue weighted by molar-refractivity contribution is 0.0912. The van der Waals surface area contributed by atoms with Crippen molar-refractivity contribution in [3.05, 3.63) is 109 Å². The van der Waals surface area contributed by atoms with Crippen LogP contribution in [0.4, 0.5) is 0 Å². The van der Waals surface area contributed by atoms with Gasteiger partial charge in [0, 0.05) is 44.0 Å². The summed E-state index contributed by atoms with van der Waals surface area (Å²) >= 11 is 13.7. The second-order valence-electron chi connectivity index (χ2n) is 9.79. The number of nitrogens with zero attached hydrogens (tertiary/aromatic N) is 3. The number of aliphatic hydroxyl groups is 1. The van der Waals surface area contributed by atoms with Crippen molar-refractivity contribution in [1.29, 1.82) is 0 Å². The van der Waals surface area contributed by atoms with E-state index < -0.39 is 34.2 Å². The van der Waals surface area contributed by atoms with Crippen LogP contribution in [0, 0.1) is 0 Å². The lowest BCUT2D eigenvalue weighted by Crippen LogP contribution is -2.54. The number of aryl methyl sites for hydroxylation is 1. The lowest BCUT2D eigenvalue weighted by Gasteiger charge is -2.39. The molecular weight excluding hydrogens is 569 g/mol. The van der Waals surface area contributed by atoms with Crippen LogP contribution in [0.2, 0.25) is 5.02 Å². The summed E-state index contributed by atoms with van der Waals surface area (Å²) in [6.07, 6.45) is 5.90. The van der Waals surface area contributed by atoms with Crippen LogP contribution in [-0.4, -0.2) is 50.3 Å². The van der Waals surface area contributed by atoms with Crippen LogP contribution in [0.1, 0.15) is 34.1 Å². The van der Waals surface area contributed by atoms with Crippen LogP contribution in [-0.2, 0) is 26.2 Å². The number of hydrogen-bond donors (Lipinski definition) is 3. The first-order valence-corrected chi connectivity index (χ1v) is 13.6. The molecule has 0 spiro atoms. The zero-order valence-electron chi connectivity index (χ0n) is 23.0. The number of pyridine rings is 1. The average molecular weight is 601 g/mol. The molecule has 3 N–H and O–H groups in total. The second kappa shape index (κ2) is 12.4. The lowest BCUT2D eigenvalue weighted by atomic mass is 9.80. The van der Waals surface area contributed by atoms with E-state index in [4.69, 9.17) is 32.9 Å². The van der Waals surface area contributed by atoms with Gasteiger partial charge < -0.3 is 25.0 Å². The first-order chi connectivity index (χ1) is 19.5. The Morgan fingerprint density at radius 1 is 1.22 bits per heavy atom. The molecule has 1 amide bonds. The van der Waals surface area contributed by atoms with E-state index in [0.29, 0.717) is 40.8 Å². The summed E-state index contributed by atoms with van der Waals surface area (Å²) in [6.45, 7) is 2.42. The molecule has 216 valence electrons. The molecule has 0 saturated heterocycles. The van der Waals surface area contributed by atoms with Crippen LogP contribution >= 0.6 is 23.2 Å². The summed E-state index contributed by atoms with van der Waals surface area (Å²) in [5.41, 5.74) is -0.664. The quantitative estimate of drug-likeness (QED) is 0.322. The van der Waals surface area contributed by atoms with Gasteiger partial charge in [-0.3, -0.25) is 14.2 Å². The van der Waals surface area contributed by atoms with Gasteiger partial charge in [-0.2, -0.15) is 0 Å². The smallest absolute Gasteiger partial charge is 0.330 e. The number of aromatic nitrogens is 3. The SMILES string of the molecule is COc1nc(C2(NC(=O)c3cn(C)c(=O)n(C)c3=O)C=CC=C(c3ccccc3Cl)[C@H]2Cl)ccc1CNCC(C)O. The van der Waals surface area contributed by atoms with Crippen molar-refractivity contribution in [3.63, 3.8) is 0 Å². The number of carbonyl (C=O) groups is 1. The molecule has 1 aliphatic rings. The van der Waals surface area contributed by atoms with E-state index in [1.54, 1.807) is 49.4 Å². The molecule has 41 heavy (non-hydrogen) atoms. The Balaban J connectivity index is 1.84. The van der Waals surface area contributed by atoms with E-state index in [2.05, 4.69) is 10.6 Å². The molecule has 0 radical (unpaired) electrons. The van der Waals surface area contributed by atoms with Gasteiger partial charge in [0.05, 0.1) is 24.3 Å². The maximum absolute atomic E-state index is 13.7. The van der Waals surface area contributed by atoms with Crippen molar-refractivity contribution in [1.82, 2.24) is 24.8 Å². The van der Waals surface area contributed by atoms with Crippen LogP contribution in [0.25, 0.3) is 5.57 Å². The molecule has 2 heterocycles. The second-order valence-corrected chi connectivity index (χ2v) is 10.6. The van der Waals surface area contributed by atoms with Gasteiger partial charge in [0.15, 0.2) is 0 Å². The number of amides is 1. The Kier molecular flexibility index (Phi) is 9.18. The summed E-state index contributed by atoms with van der Waals surface area (Å²) in [5.74, 6) is -0.460. The fourth-order valence-corrected chi connectivity index (χ4v) is 5.34. The first-order valence-electron chi connectivity index (χ1n) is 12.8. The van der Waals surface area contributed by atoms with Crippen molar-refractivity contribution < 1.29 is 14.6 Å². The van der Waals surface area contributed by atoms with Crippen LogP contribution in [0.5, 0.6) is 5.88 Å². The van der Waals surface area contributed by atoms with Crippen molar-refractivity contribution in [2.75, 3.05) is 13.7 Å². The number of hydrogen-bond acceptors (Lipinski definition) is 7. The molecular formula is C29H31Cl2N5O5. The Hall–Kier alpha value is -3.70. The summed E-state index contributed by atoms with van der Waals surface area (Å²) < 4.78 is 7.60. The zero-order chi connectivity index (χ0) is 29.9. The van der Waals surface area contributed by atoms with E-state index in [9.17, 15) is 19.5 Å². The molecule has 2 unspecified atom stereocenters. The van der Waals surface area contributed by atoms with Gasteiger partial charge in [-0.25, -0.2) is 9.78 Å². The Morgan fingerprint density at radius 3 is 2.63 bits per heavy atom. The molecule has 10 nitrogen and oxygen atoms in total. The van der Waals surface area contributed by atoms with Crippen LogP contribution < -0.4 is 26.6 Å². The first kappa shape index (κ1) is 30.3. The van der Waals surface area contributed by atoms with Gasteiger partial charge in [0.25, 0.3) is 11.5 Å². The number of halogens is 2. The molecule has 0 bridgehead atoms. The highest BCUT2D eigenvalue weighted by molar-refractivity contribution is 6.34. The number of ether oxygens (including phenoxy) is 1. The van der Waals surface area contributed by atoms with Gasteiger partial charge in [-0.15, -0.1) is 11.6 Å². The molecule has 2 aromatic heterocycles. The third-order valence-corrected chi connectivity index (χ3v) is 7.72. The van der Waals surface area contributed by atoms with Gasteiger partial charge in [0.1, 0.15) is 11.1 Å². The van der Waals surface area contributed by atoms with Gasteiger partial charge in [-0.1, -0.05) is 54.1 Å². The molecule has 1 aliphatic carbocycles. The predicted molar refractivity (Wildman–Crippen MR) is 158 cm³/mol. The zero-order valence-corrected chi connectivity index (χ0v) is 24.5. The number of nitrogens with one attached hydrogen (secondary N) is 2.